The molecule has 128 valence electrons. The molecule has 0 aromatic heterocycles. The molecule has 0 spiro atoms. The number of hydrogen-bond acceptors (Lipinski definition) is 0. The molecule has 0 saturated heterocycles. The fourth-order valence-electron chi connectivity index (χ4n) is 3.71. The summed E-state index contributed by atoms with van der Waals surface area (Å²) in [6.45, 7) is 2.21. The zero-order chi connectivity index (χ0) is 19.6. The van der Waals surface area contributed by atoms with Gasteiger partial charge in [-0.2, -0.15) is 0 Å². The first-order valence-corrected chi connectivity index (χ1v) is 8.76. The van der Waals surface area contributed by atoms with Gasteiger partial charge in [0.25, 0.3) is 0 Å². The van der Waals surface area contributed by atoms with Crippen molar-refractivity contribution in [3.8, 4) is 0 Å². The van der Waals surface area contributed by atoms with Gasteiger partial charge in [0.1, 0.15) is 12.0 Å². The summed E-state index contributed by atoms with van der Waals surface area (Å²) in [6, 6.07) is 0. The molecule has 3 heteroatoms. The van der Waals surface area contributed by atoms with Gasteiger partial charge < -0.3 is 0 Å². The summed E-state index contributed by atoms with van der Waals surface area (Å²) in [5.41, 5.74) is 0. The summed E-state index contributed by atoms with van der Waals surface area (Å²) < 4.78 is 72.4. The van der Waals surface area contributed by atoms with Crippen molar-refractivity contribution in [2.75, 3.05) is 0 Å². The number of allylic oxidation sites excluding steroid dienone is 2. The Bertz CT molecular complexity index is 501. The van der Waals surface area contributed by atoms with E-state index in [4.69, 9.17) is 5.48 Å². The Morgan fingerprint density at radius 1 is 1.09 bits per heavy atom. The monoisotopic (exact) mass is 320 g/mol. The zero-order valence-corrected chi connectivity index (χ0v) is 13.5. The van der Waals surface area contributed by atoms with Crippen LogP contribution in [0.25, 0.3) is 0 Å². The third kappa shape index (κ3) is 5.31. The maximum Gasteiger partial charge on any atom is 0.182 e. The van der Waals surface area contributed by atoms with Crippen LogP contribution in [0.3, 0.4) is 0 Å². The van der Waals surface area contributed by atoms with E-state index in [9.17, 15) is 13.2 Å². The van der Waals surface area contributed by atoms with E-state index in [2.05, 4.69) is 6.92 Å². The molecule has 2 aliphatic rings. The first-order chi connectivity index (χ1) is 12.0. The second kappa shape index (κ2) is 8.98. The van der Waals surface area contributed by atoms with Gasteiger partial charge in [0.15, 0.2) is 6.17 Å². The molecule has 0 aliphatic heterocycles. The molecule has 0 N–H and O–H groups in total. The quantitative estimate of drug-likeness (QED) is 0.458. The zero-order valence-electron chi connectivity index (χ0n) is 17.5. The molecule has 3 unspecified atom stereocenters. The number of hydrogen-bond donors (Lipinski definition) is 0. The summed E-state index contributed by atoms with van der Waals surface area (Å²) in [5, 5.41) is 0. The van der Waals surface area contributed by atoms with E-state index in [1.54, 1.807) is 0 Å². The molecule has 0 radical (unpaired) electrons. The first-order valence-electron chi connectivity index (χ1n) is 10.8. The largest absolute Gasteiger partial charge is 0.244 e. The van der Waals surface area contributed by atoms with Crippen molar-refractivity contribution in [2.24, 2.45) is 17.7 Å². The fourth-order valence-corrected chi connectivity index (χ4v) is 3.71. The molecule has 22 heavy (non-hydrogen) atoms. The van der Waals surface area contributed by atoms with E-state index < -0.39 is 30.4 Å². The van der Waals surface area contributed by atoms with Gasteiger partial charge in [-0.15, -0.1) is 0 Å². The fraction of sp³-hybridized carbons (Fsp3) is 0.895. The molecule has 0 bridgehead atoms. The first kappa shape index (κ1) is 12.9. The molecule has 2 aliphatic carbocycles. The van der Waals surface area contributed by atoms with E-state index in [1.165, 1.54) is 38.5 Å². The third-order valence-corrected chi connectivity index (χ3v) is 5.03. The van der Waals surface area contributed by atoms with Crippen molar-refractivity contribution < 1.29 is 18.7 Å². The van der Waals surface area contributed by atoms with E-state index in [-0.39, 0.29) is 6.42 Å². The lowest BCUT2D eigenvalue weighted by Crippen LogP contribution is -2.26. The van der Waals surface area contributed by atoms with Gasteiger partial charge in [0, 0.05) is 4.11 Å². The van der Waals surface area contributed by atoms with Gasteiger partial charge in [0.05, 0.1) is 1.37 Å². The summed E-state index contributed by atoms with van der Waals surface area (Å²) in [5.74, 6) is -2.33. The average molecular weight is 320 g/mol. The minimum atomic E-state index is -3.79. The molecule has 0 amide bonds. The lowest BCUT2D eigenvalue weighted by Gasteiger charge is -2.28. The van der Waals surface area contributed by atoms with E-state index >= 15 is 0 Å². The highest BCUT2D eigenvalue weighted by Crippen LogP contribution is 2.35. The van der Waals surface area contributed by atoms with Crippen molar-refractivity contribution in [1.82, 2.24) is 0 Å². The summed E-state index contributed by atoms with van der Waals surface area (Å²) in [7, 11) is 0. The van der Waals surface area contributed by atoms with Crippen molar-refractivity contribution >= 4 is 0 Å². The molecule has 0 nitrogen and oxygen atoms in total. The molecule has 1 fully saturated rings. The lowest BCUT2D eigenvalue weighted by molar-refractivity contribution is 0.134. The SMILES string of the molecule is [2H]C1(CCCCC2CCC(CCC)CC2)C=C(F)C(F)C([2H])(F)C1([2H])[2H]. The highest BCUT2D eigenvalue weighted by molar-refractivity contribution is 5.09. The summed E-state index contributed by atoms with van der Waals surface area (Å²) >= 11 is 0. The maximum absolute atomic E-state index is 14.2. The normalized spacial score (nSPS) is 47.8. The van der Waals surface area contributed by atoms with Crippen LogP contribution in [-0.4, -0.2) is 12.3 Å². The molecule has 1 saturated carbocycles. The third-order valence-electron chi connectivity index (χ3n) is 5.03. The Hall–Kier alpha value is -0.470. The second-order valence-corrected chi connectivity index (χ2v) is 6.81. The van der Waals surface area contributed by atoms with E-state index in [1.807, 2.05) is 0 Å². The molecule has 2 rings (SSSR count). The van der Waals surface area contributed by atoms with Gasteiger partial charge in [-0.05, 0) is 36.6 Å². The van der Waals surface area contributed by atoms with Crippen LogP contribution in [0.15, 0.2) is 11.9 Å². The van der Waals surface area contributed by atoms with Crippen LogP contribution in [0.2, 0.25) is 0 Å². The van der Waals surface area contributed by atoms with Crippen molar-refractivity contribution in [2.45, 2.75) is 89.8 Å². The Kier molecular flexibility index (Phi) is 5.26. The standard InChI is InChI=1S/C19H31F3/c1-2-5-14-8-10-15(11-9-14)6-3-4-7-16-12-17(20)19(22)18(21)13-16/h12,14-16,18-19H,2-11,13H2,1H3/i13D2,16D,18D. The van der Waals surface area contributed by atoms with Crippen LogP contribution in [0.5, 0.6) is 0 Å². The van der Waals surface area contributed by atoms with Gasteiger partial charge in [-0.3, -0.25) is 0 Å². The Morgan fingerprint density at radius 3 is 2.32 bits per heavy atom. The maximum atomic E-state index is 14.2. The minimum absolute atomic E-state index is 0.115. The topological polar surface area (TPSA) is 0 Å². The Morgan fingerprint density at radius 2 is 1.68 bits per heavy atom. The van der Waals surface area contributed by atoms with Gasteiger partial charge >= 0.3 is 0 Å². The second-order valence-electron chi connectivity index (χ2n) is 6.81. The van der Waals surface area contributed by atoms with Gasteiger partial charge in [-0.25, -0.2) is 13.2 Å². The molecular weight excluding hydrogens is 285 g/mol. The Balaban J connectivity index is 1.85. The minimum Gasteiger partial charge on any atom is -0.244 e. The molecule has 0 aromatic carbocycles. The number of rotatable bonds is 7. The van der Waals surface area contributed by atoms with Gasteiger partial charge in [0.2, 0.25) is 0 Å². The highest BCUT2D eigenvalue weighted by Gasteiger charge is 2.32. The summed E-state index contributed by atoms with van der Waals surface area (Å²) in [4.78, 5) is 0. The van der Waals surface area contributed by atoms with E-state index in [0.29, 0.717) is 18.4 Å². The molecule has 0 heterocycles. The van der Waals surface area contributed by atoms with E-state index in [0.717, 1.165) is 18.8 Å². The molecule has 0 aromatic rings. The molecule has 3 atom stereocenters. The van der Waals surface area contributed by atoms with Crippen molar-refractivity contribution in [1.29, 1.82) is 0 Å². The van der Waals surface area contributed by atoms with Gasteiger partial charge in [-0.1, -0.05) is 64.7 Å². The smallest absolute Gasteiger partial charge is 0.182 e. The number of unbranched alkanes of at least 4 members (excludes halogenated alkanes) is 1. The van der Waals surface area contributed by atoms with Crippen molar-refractivity contribution in [3.05, 3.63) is 11.9 Å². The Labute approximate surface area is 139 Å². The average Bonchev–Trinajstić information content (AvgIpc) is 2.58. The predicted molar refractivity (Wildman–Crippen MR) is 85.9 cm³/mol. The summed E-state index contributed by atoms with van der Waals surface area (Å²) in [6.07, 6.45) is 0.108. The number of halogens is 3. The lowest BCUT2D eigenvalue weighted by atomic mass is 9.78. The predicted octanol–water partition coefficient (Wildman–Crippen LogP) is 6.70. The van der Waals surface area contributed by atoms with Crippen LogP contribution >= 0.6 is 0 Å². The molecular formula is C19H31F3. The highest BCUT2D eigenvalue weighted by atomic mass is 19.2. The van der Waals surface area contributed by atoms with Crippen molar-refractivity contribution in [3.63, 3.8) is 0 Å². The van der Waals surface area contributed by atoms with Crippen LogP contribution in [0.1, 0.15) is 83.0 Å². The number of alkyl halides is 2. The van der Waals surface area contributed by atoms with Crippen LogP contribution in [-0.2, 0) is 0 Å². The van der Waals surface area contributed by atoms with Crippen LogP contribution < -0.4 is 0 Å². The van der Waals surface area contributed by atoms with Crippen LogP contribution in [0.4, 0.5) is 13.2 Å². The van der Waals surface area contributed by atoms with Crippen LogP contribution in [0, 0.1) is 17.7 Å².